The summed E-state index contributed by atoms with van der Waals surface area (Å²) in [4.78, 5) is 14.6. The summed E-state index contributed by atoms with van der Waals surface area (Å²) in [5.74, 6) is -0.0571. The van der Waals surface area contributed by atoms with Crippen LogP contribution >= 0.6 is 11.3 Å². The monoisotopic (exact) mass is 311 g/mol. The zero-order chi connectivity index (χ0) is 15.5. The van der Waals surface area contributed by atoms with Crippen LogP contribution in [0.15, 0.2) is 35.7 Å². The van der Waals surface area contributed by atoms with Crippen LogP contribution in [-0.4, -0.2) is 23.4 Å². The van der Waals surface area contributed by atoms with Gasteiger partial charge in [-0.1, -0.05) is 24.3 Å². The summed E-state index contributed by atoms with van der Waals surface area (Å²) in [7, 11) is 0. The van der Waals surface area contributed by atoms with Gasteiger partial charge in [-0.05, 0) is 35.9 Å². The second-order valence-electron chi connectivity index (χ2n) is 5.43. The van der Waals surface area contributed by atoms with Crippen LogP contribution in [0, 0.1) is 11.3 Å². The molecule has 4 nitrogen and oxygen atoms in total. The highest BCUT2D eigenvalue weighted by Gasteiger charge is 2.25. The summed E-state index contributed by atoms with van der Waals surface area (Å²) in [6.45, 7) is 3.59. The van der Waals surface area contributed by atoms with Crippen molar-refractivity contribution < 1.29 is 4.79 Å². The Hall–Kier alpha value is -2.16. The molecule has 0 aliphatic carbocycles. The standard InChI is InChI=1S/C17H17N3OS/c1-12(16(21)19-17-14(10-18)7-9-22-17)20-8-6-13-4-2-3-5-15(13)11-20/h2-5,7,9,12H,6,8,11H2,1H3,(H,19,21)/t12-/m0/s1. The number of carbonyl (C=O) groups is 1. The second kappa shape index (κ2) is 6.30. The zero-order valence-corrected chi connectivity index (χ0v) is 13.2. The van der Waals surface area contributed by atoms with E-state index < -0.39 is 0 Å². The van der Waals surface area contributed by atoms with Crippen LogP contribution in [-0.2, 0) is 17.8 Å². The SMILES string of the molecule is C[C@@H](C(=O)Nc1sccc1C#N)N1CCc2ccccc2C1. The van der Waals surface area contributed by atoms with Crippen LogP contribution in [0.3, 0.4) is 0 Å². The minimum atomic E-state index is -0.220. The molecule has 1 aliphatic rings. The molecule has 0 bridgehead atoms. The third-order valence-corrected chi connectivity index (χ3v) is 4.94. The highest BCUT2D eigenvalue weighted by atomic mass is 32.1. The van der Waals surface area contributed by atoms with Gasteiger partial charge in [-0.15, -0.1) is 11.3 Å². The minimum absolute atomic E-state index is 0.0571. The summed E-state index contributed by atoms with van der Waals surface area (Å²) in [6, 6.07) is 12.0. The van der Waals surface area contributed by atoms with E-state index in [1.807, 2.05) is 18.4 Å². The predicted molar refractivity (Wildman–Crippen MR) is 87.7 cm³/mol. The van der Waals surface area contributed by atoms with Crippen molar-refractivity contribution in [1.82, 2.24) is 4.90 Å². The van der Waals surface area contributed by atoms with Crippen molar-refractivity contribution in [3.63, 3.8) is 0 Å². The molecule has 0 saturated heterocycles. The third-order valence-electron chi connectivity index (χ3n) is 4.11. The Kier molecular flexibility index (Phi) is 4.23. The molecule has 0 spiro atoms. The molecule has 1 aromatic carbocycles. The fraction of sp³-hybridized carbons (Fsp3) is 0.294. The average molecular weight is 311 g/mol. The summed E-state index contributed by atoms with van der Waals surface area (Å²) in [6.07, 6.45) is 0.968. The van der Waals surface area contributed by atoms with E-state index in [9.17, 15) is 4.79 Å². The van der Waals surface area contributed by atoms with Crippen LogP contribution in [0.25, 0.3) is 0 Å². The lowest BCUT2D eigenvalue weighted by molar-refractivity contribution is -0.121. The largest absolute Gasteiger partial charge is 0.315 e. The van der Waals surface area contributed by atoms with Gasteiger partial charge in [0.25, 0.3) is 0 Å². The highest BCUT2D eigenvalue weighted by molar-refractivity contribution is 7.14. The lowest BCUT2D eigenvalue weighted by atomic mass is 9.99. The lowest BCUT2D eigenvalue weighted by Gasteiger charge is -2.32. The van der Waals surface area contributed by atoms with Crippen molar-refractivity contribution in [2.75, 3.05) is 11.9 Å². The molecule has 0 unspecified atom stereocenters. The fourth-order valence-electron chi connectivity index (χ4n) is 2.72. The van der Waals surface area contributed by atoms with Crippen LogP contribution < -0.4 is 5.32 Å². The molecule has 1 amide bonds. The van der Waals surface area contributed by atoms with Gasteiger partial charge in [0, 0.05) is 13.1 Å². The van der Waals surface area contributed by atoms with Crippen molar-refractivity contribution in [2.24, 2.45) is 0 Å². The minimum Gasteiger partial charge on any atom is -0.315 e. The van der Waals surface area contributed by atoms with E-state index in [0.717, 1.165) is 19.5 Å². The van der Waals surface area contributed by atoms with Gasteiger partial charge < -0.3 is 5.32 Å². The molecular formula is C17H17N3OS. The Morgan fingerprint density at radius 3 is 2.91 bits per heavy atom. The highest BCUT2D eigenvalue weighted by Crippen LogP contribution is 2.24. The Bertz CT molecular complexity index is 732. The number of rotatable bonds is 3. The first-order valence-corrected chi connectivity index (χ1v) is 8.16. The molecule has 2 heterocycles. The molecule has 0 saturated carbocycles. The summed E-state index contributed by atoms with van der Waals surface area (Å²) < 4.78 is 0. The number of nitriles is 1. The van der Waals surface area contributed by atoms with E-state index in [4.69, 9.17) is 5.26 Å². The summed E-state index contributed by atoms with van der Waals surface area (Å²) >= 11 is 1.38. The number of carbonyl (C=O) groups excluding carboxylic acids is 1. The van der Waals surface area contributed by atoms with Crippen molar-refractivity contribution in [2.45, 2.75) is 25.9 Å². The maximum Gasteiger partial charge on any atom is 0.242 e. The molecule has 5 heteroatoms. The maximum atomic E-state index is 12.4. The maximum absolute atomic E-state index is 12.4. The molecule has 0 radical (unpaired) electrons. The number of fused-ring (bicyclic) bond motifs is 1. The van der Waals surface area contributed by atoms with E-state index in [-0.39, 0.29) is 11.9 Å². The van der Waals surface area contributed by atoms with Gasteiger partial charge in [0.05, 0.1) is 11.6 Å². The first kappa shape index (κ1) is 14.8. The number of hydrogen-bond donors (Lipinski definition) is 1. The molecule has 112 valence electrons. The van der Waals surface area contributed by atoms with Gasteiger partial charge in [0.2, 0.25) is 5.91 Å². The molecule has 1 aromatic heterocycles. The zero-order valence-electron chi connectivity index (χ0n) is 12.4. The fourth-order valence-corrected chi connectivity index (χ4v) is 3.46. The van der Waals surface area contributed by atoms with Gasteiger partial charge in [-0.3, -0.25) is 9.69 Å². The number of amides is 1. The van der Waals surface area contributed by atoms with Crippen molar-refractivity contribution in [3.05, 3.63) is 52.4 Å². The van der Waals surface area contributed by atoms with Gasteiger partial charge in [-0.25, -0.2) is 0 Å². The number of thiophene rings is 1. The molecular weight excluding hydrogens is 294 g/mol. The predicted octanol–water partition coefficient (Wildman–Crippen LogP) is 3.01. The molecule has 1 N–H and O–H groups in total. The van der Waals surface area contributed by atoms with E-state index >= 15 is 0 Å². The average Bonchev–Trinajstić information content (AvgIpc) is 3.00. The lowest BCUT2D eigenvalue weighted by Crippen LogP contribution is -2.44. The number of anilines is 1. The molecule has 3 rings (SSSR count). The number of nitrogens with zero attached hydrogens (tertiary/aromatic N) is 2. The van der Waals surface area contributed by atoms with Crippen LogP contribution in [0.1, 0.15) is 23.6 Å². The van der Waals surface area contributed by atoms with Crippen LogP contribution in [0.2, 0.25) is 0 Å². The molecule has 1 aliphatic heterocycles. The van der Waals surface area contributed by atoms with E-state index in [1.54, 1.807) is 6.07 Å². The molecule has 2 aromatic rings. The van der Waals surface area contributed by atoms with E-state index in [2.05, 4.69) is 34.5 Å². The molecule has 0 fully saturated rings. The number of benzene rings is 1. The third kappa shape index (κ3) is 2.89. The Balaban J connectivity index is 1.68. The van der Waals surface area contributed by atoms with Crippen LogP contribution in [0.5, 0.6) is 0 Å². The first-order valence-electron chi connectivity index (χ1n) is 7.28. The van der Waals surface area contributed by atoms with Crippen molar-refractivity contribution >= 4 is 22.2 Å². The van der Waals surface area contributed by atoms with Crippen LogP contribution in [0.4, 0.5) is 5.00 Å². The van der Waals surface area contributed by atoms with Gasteiger partial charge in [0.1, 0.15) is 11.1 Å². The van der Waals surface area contributed by atoms with Gasteiger partial charge >= 0.3 is 0 Å². The van der Waals surface area contributed by atoms with Crippen molar-refractivity contribution in [1.29, 1.82) is 5.26 Å². The number of nitrogens with one attached hydrogen (secondary N) is 1. The molecule has 1 atom stereocenters. The summed E-state index contributed by atoms with van der Waals surface area (Å²) in [5, 5.41) is 14.3. The first-order chi connectivity index (χ1) is 10.7. The van der Waals surface area contributed by atoms with Crippen molar-refractivity contribution in [3.8, 4) is 6.07 Å². The topological polar surface area (TPSA) is 56.1 Å². The summed E-state index contributed by atoms with van der Waals surface area (Å²) in [5.41, 5.74) is 3.19. The Morgan fingerprint density at radius 2 is 2.14 bits per heavy atom. The van der Waals surface area contributed by atoms with E-state index in [0.29, 0.717) is 10.6 Å². The smallest absolute Gasteiger partial charge is 0.242 e. The number of hydrogen-bond acceptors (Lipinski definition) is 4. The Labute approximate surface area is 134 Å². The quantitative estimate of drug-likeness (QED) is 0.948. The normalized spacial score (nSPS) is 15.6. The Morgan fingerprint density at radius 1 is 1.36 bits per heavy atom. The van der Waals surface area contributed by atoms with E-state index in [1.165, 1.54) is 22.5 Å². The molecule has 22 heavy (non-hydrogen) atoms. The van der Waals surface area contributed by atoms with Gasteiger partial charge in [-0.2, -0.15) is 5.26 Å². The second-order valence-corrected chi connectivity index (χ2v) is 6.35. The van der Waals surface area contributed by atoms with Gasteiger partial charge in [0.15, 0.2) is 0 Å².